The molecule has 13 heavy (non-hydrogen) atoms. The Bertz CT molecular complexity index is 290. The summed E-state index contributed by atoms with van der Waals surface area (Å²) < 4.78 is 0. The molecule has 0 nitrogen and oxygen atoms in total. The topological polar surface area (TPSA) is 0 Å². The maximum Gasteiger partial charge on any atom is 0.0553 e. The van der Waals surface area contributed by atoms with Crippen LogP contribution in [0.1, 0.15) is 19.4 Å². The zero-order chi connectivity index (χ0) is 9.52. The number of rotatable bonds is 2. The molecular formula is C12H14S. The molecule has 0 aliphatic rings. The van der Waals surface area contributed by atoms with Gasteiger partial charge in [0.1, 0.15) is 0 Å². The number of benzene rings is 1. The summed E-state index contributed by atoms with van der Waals surface area (Å²) in [6, 6.07) is 10.1. The van der Waals surface area contributed by atoms with E-state index in [2.05, 4.69) is 25.7 Å². The molecule has 1 aromatic rings. The van der Waals surface area contributed by atoms with E-state index in [1.54, 1.807) is 0 Å². The van der Waals surface area contributed by atoms with Crippen LogP contribution < -0.4 is 0 Å². The minimum atomic E-state index is 0.671. The van der Waals surface area contributed by atoms with Gasteiger partial charge in [-0.1, -0.05) is 43.9 Å². The second kappa shape index (κ2) is 5.72. The van der Waals surface area contributed by atoms with Crippen molar-refractivity contribution in [3.63, 3.8) is 0 Å². The number of hydrogen-bond donors (Lipinski definition) is 0. The van der Waals surface area contributed by atoms with Gasteiger partial charge in [0.15, 0.2) is 0 Å². The maximum absolute atomic E-state index is 3.15. The predicted octanol–water partition coefficient (Wildman–Crippen LogP) is 3.18. The largest absolute Gasteiger partial charge is 0.146 e. The van der Waals surface area contributed by atoms with Gasteiger partial charge >= 0.3 is 0 Å². The van der Waals surface area contributed by atoms with E-state index in [9.17, 15) is 0 Å². The van der Waals surface area contributed by atoms with Crippen LogP contribution in [0.25, 0.3) is 0 Å². The Labute approximate surface area is 84.7 Å². The fourth-order valence-electron chi connectivity index (χ4n) is 0.868. The normalized spacial score (nSPS) is 9.46. The van der Waals surface area contributed by atoms with Crippen LogP contribution in [0.2, 0.25) is 0 Å². The van der Waals surface area contributed by atoms with Crippen LogP contribution in [-0.4, -0.2) is 11.0 Å². The Morgan fingerprint density at radius 2 is 1.92 bits per heavy atom. The first-order valence-corrected chi connectivity index (χ1v) is 5.49. The minimum Gasteiger partial charge on any atom is -0.146 e. The van der Waals surface area contributed by atoms with Gasteiger partial charge in [-0.15, -0.1) is 11.8 Å². The highest BCUT2D eigenvalue weighted by atomic mass is 32.2. The molecule has 0 fully saturated rings. The van der Waals surface area contributed by atoms with Crippen LogP contribution in [-0.2, 0) is 0 Å². The van der Waals surface area contributed by atoms with E-state index >= 15 is 0 Å². The molecule has 0 aromatic heterocycles. The van der Waals surface area contributed by atoms with Crippen molar-refractivity contribution in [1.29, 1.82) is 0 Å². The Balaban J connectivity index is 2.40. The fourth-order valence-corrected chi connectivity index (χ4v) is 1.36. The highest BCUT2D eigenvalue weighted by Crippen LogP contribution is 2.07. The Morgan fingerprint density at radius 3 is 2.54 bits per heavy atom. The average Bonchev–Trinajstić information content (AvgIpc) is 2.14. The molecule has 1 aromatic carbocycles. The standard InChI is InChI=1S/C12H14S/c1-11(2)13-10-6-9-12-7-4-3-5-8-12/h3-5,7-8,11H,10H2,1-2H3. The van der Waals surface area contributed by atoms with Crippen molar-refractivity contribution in [2.24, 2.45) is 0 Å². The third-order valence-corrected chi connectivity index (χ3v) is 2.47. The van der Waals surface area contributed by atoms with Gasteiger partial charge in [-0.3, -0.25) is 0 Å². The summed E-state index contributed by atoms with van der Waals surface area (Å²) in [5.41, 5.74) is 1.10. The van der Waals surface area contributed by atoms with Crippen molar-refractivity contribution < 1.29 is 0 Å². The van der Waals surface area contributed by atoms with Crippen LogP contribution in [0.5, 0.6) is 0 Å². The van der Waals surface area contributed by atoms with E-state index in [0.717, 1.165) is 11.3 Å². The highest BCUT2D eigenvalue weighted by molar-refractivity contribution is 8.00. The lowest BCUT2D eigenvalue weighted by molar-refractivity contribution is 1.12. The van der Waals surface area contributed by atoms with Crippen LogP contribution in [0.4, 0.5) is 0 Å². The molecule has 0 heterocycles. The van der Waals surface area contributed by atoms with E-state index in [1.165, 1.54) is 0 Å². The van der Waals surface area contributed by atoms with E-state index in [0.29, 0.717) is 5.25 Å². The summed E-state index contributed by atoms with van der Waals surface area (Å²) in [4.78, 5) is 0. The SMILES string of the molecule is CC(C)SCC#Cc1ccccc1. The van der Waals surface area contributed by atoms with Crippen molar-refractivity contribution in [3.05, 3.63) is 35.9 Å². The van der Waals surface area contributed by atoms with E-state index in [4.69, 9.17) is 0 Å². The lowest BCUT2D eigenvalue weighted by atomic mass is 10.2. The summed E-state index contributed by atoms with van der Waals surface area (Å²) in [5.74, 6) is 7.20. The Morgan fingerprint density at radius 1 is 1.23 bits per heavy atom. The Hall–Kier alpha value is -0.870. The zero-order valence-corrected chi connectivity index (χ0v) is 8.90. The molecule has 0 aliphatic carbocycles. The van der Waals surface area contributed by atoms with Crippen molar-refractivity contribution in [3.8, 4) is 11.8 Å². The second-order valence-electron chi connectivity index (χ2n) is 3.03. The summed E-state index contributed by atoms with van der Waals surface area (Å²) >= 11 is 1.88. The van der Waals surface area contributed by atoms with Crippen molar-refractivity contribution in [2.45, 2.75) is 19.1 Å². The first kappa shape index (κ1) is 10.2. The predicted molar refractivity (Wildman–Crippen MR) is 60.9 cm³/mol. The van der Waals surface area contributed by atoms with Gasteiger partial charge in [-0.2, -0.15) is 0 Å². The zero-order valence-electron chi connectivity index (χ0n) is 8.08. The lowest BCUT2D eigenvalue weighted by Gasteiger charge is -1.97. The van der Waals surface area contributed by atoms with Gasteiger partial charge < -0.3 is 0 Å². The molecule has 0 spiro atoms. The summed E-state index contributed by atoms with van der Waals surface area (Å²) in [5, 5.41) is 0.671. The molecule has 1 heteroatoms. The van der Waals surface area contributed by atoms with Gasteiger partial charge in [-0.05, 0) is 17.4 Å². The average molecular weight is 190 g/mol. The highest BCUT2D eigenvalue weighted by Gasteiger charge is 1.89. The van der Waals surface area contributed by atoms with Crippen LogP contribution in [0.15, 0.2) is 30.3 Å². The van der Waals surface area contributed by atoms with Crippen molar-refractivity contribution in [2.75, 3.05) is 5.75 Å². The van der Waals surface area contributed by atoms with Gasteiger partial charge in [0.2, 0.25) is 0 Å². The Kier molecular flexibility index (Phi) is 4.49. The lowest BCUT2D eigenvalue weighted by Crippen LogP contribution is -1.86. The van der Waals surface area contributed by atoms with Crippen molar-refractivity contribution >= 4 is 11.8 Å². The van der Waals surface area contributed by atoms with Crippen LogP contribution in [0, 0.1) is 11.8 Å². The summed E-state index contributed by atoms with van der Waals surface area (Å²) in [6.07, 6.45) is 0. The third kappa shape index (κ3) is 4.65. The molecular weight excluding hydrogens is 176 g/mol. The minimum absolute atomic E-state index is 0.671. The smallest absolute Gasteiger partial charge is 0.0553 e. The molecule has 0 bridgehead atoms. The number of hydrogen-bond acceptors (Lipinski definition) is 1. The molecule has 0 saturated carbocycles. The van der Waals surface area contributed by atoms with Crippen molar-refractivity contribution in [1.82, 2.24) is 0 Å². The maximum atomic E-state index is 3.15. The van der Waals surface area contributed by atoms with E-state index < -0.39 is 0 Å². The molecule has 0 aliphatic heterocycles. The first-order chi connectivity index (χ1) is 6.29. The van der Waals surface area contributed by atoms with Crippen LogP contribution in [0.3, 0.4) is 0 Å². The van der Waals surface area contributed by atoms with E-state index in [-0.39, 0.29) is 0 Å². The first-order valence-electron chi connectivity index (χ1n) is 4.44. The summed E-state index contributed by atoms with van der Waals surface area (Å²) in [7, 11) is 0. The molecule has 0 saturated heterocycles. The van der Waals surface area contributed by atoms with Crippen LogP contribution >= 0.6 is 11.8 Å². The summed E-state index contributed by atoms with van der Waals surface area (Å²) in [6.45, 7) is 4.38. The number of thioether (sulfide) groups is 1. The third-order valence-electron chi connectivity index (χ3n) is 1.50. The fraction of sp³-hybridized carbons (Fsp3) is 0.333. The molecule has 0 amide bonds. The molecule has 0 radical (unpaired) electrons. The molecule has 0 N–H and O–H groups in total. The van der Waals surface area contributed by atoms with Gasteiger partial charge in [0, 0.05) is 5.56 Å². The molecule has 68 valence electrons. The molecule has 0 unspecified atom stereocenters. The second-order valence-corrected chi connectivity index (χ2v) is 4.59. The monoisotopic (exact) mass is 190 g/mol. The molecule has 0 atom stereocenters. The van der Waals surface area contributed by atoms with Gasteiger partial charge in [0.05, 0.1) is 5.75 Å². The van der Waals surface area contributed by atoms with E-state index in [1.807, 2.05) is 42.1 Å². The quantitative estimate of drug-likeness (QED) is 0.645. The van der Waals surface area contributed by atoms with Gasteiger partial charge in [0.25, 0.3) is 0 Å². The van der Waals surface area contributed by atoms with Gasteiger partial charge in [-0.25, -0.2) is 0 Å². The molecule has 1 rings (SSSR count).